The molecule has 0 aliphatic carbocycles. The number of benzene rings is 1. The Balaban J connectivity index is 2.03. The smallest absolute Gasteiger partial charge is 0.374 e. The van der Waals surface area contributed by atoms with Crippen molar-refractivity contribution in [3.63, 3.8) is 0 Å². The largest absolute Gasteiger partial charge is 0.416 e. The third-order valence-corrected chi connectivity index (χ3v) is 4.72. The molecule has 1 aliphatic rings. The summed E-state index contributed by atoms with van der Waals surface area (Å²) < 4.78 is 40.7. The van der Waals surface area contributed by atoms with Crippen molar-refractivity contribution in [2.75, 3.05) is 20.1 Å². The van der Waals surface area contributed by atoms with Crippen molar-refractivity contribution < 1.29 is 13.2 Å². The van der Waals surface area contributed by atoms with Crippen molar-refractivity contribution in [1.29, 1.82) is 0 Å². The molecule has 1 unspecified atom stereocenters. The van der Waals surface area contributed by atoms with Crippen LogP contribution in [0.1, 0.15) is 23.2 Å². The molecule has 1 aromatic heterocycles. The Labute approximate surface area is 161 Å². The molecule has 0 saturated carbocycles. The van der Waals surface area contributed by atoms with Crippen LogP contribution in [0.25, 0.3) is 5.69 Å². The van der Waals surface area contributed by atoms with E-state index in [9.17, 15) is 13.2 Å². The summed E-state index contributed by atoms with van der Waals surface area (Å²) >= 11 is 0. The average Bonchev–Trinajstić information content (AvgIpc) is 3.25. The van der Waals surface area contributed by atoms with Gasteiger partial charge in [-0.2, -0.15) is 18.3 Å². The third kappa shape index (κ3) is 4.04. The van der Waals surface area contributed by atoms with E-state index in [1.807, 2.05) is 4.90 Å². The second-order valence-corrected chi connectivity index (χ2v) is 6.73. The van der Waals surface area contributed by atoms with Gasteiger partial charge in [-0.15, -0.1) is 0 Å². The molecule has 0 spiro atoms. The van der Waals surface area contributed by atoms with Gasteiger partial charge in [-0.05, 0) is 31.5 Å². The van der Waals surface area contributed by atoms with E-state index < -0.39 is 11.7 Å². The number of rotatable bonds is 4. The van der Waals surface area contributed by atoms with Crippen LogP contribution < -0.4 is 11.1 Å². The molecule has 1 fully saturated rings. The molecule has 28 heavy (non-hydrogen) atoms. The average molecular weight is 392 g/mol. The Kier molecular flexibility index (Phi) is 5.46. The lowest BCUT2D eigenvalue weighted by Crippen LogP contribution is -2.33. The van der Waals surface area contributed by atoms with Crippen molar-refractivity contribution in [2.45, 2.75) is 25.6 Å². The molecule has 9 heteroatoms. The lowest BCUT2D eigenvalue weighted by molar-refractivity contribution is -0.137. The number of nitrogens with zero attached hydrogens (tertiary/aromatic N) is 4. The second-order valence-electron chi connectivity index (χ2n) is 6.73. The molecule has 2 heterocycles. The van der Waals surface area contributed by atoms with Crippen LogP contribution in [0, 0.1) is 6.92 Å². The van der Waals surface area contributed by atoms with Crippen LogP contribution >= 0.6 is 0 Å². The minimum absolute atomic E-state index is 0.0480. The van der Waals surface area contributed by atoms with Gasteiger partial charge in [0.15, 0.2) is 0 Å². The van der Waals surface area contributed by atoms with Crippen molar-refractivity contribution in [1.82, 2.24) is 20.0 Å². The number of halogens is 3. The zero-order valence-electron chi connectivity index (χ0n) is 15.8. The van der Waals surface area contributed by atoms with Gasteiger partial charge in [0.25, 0.3) is 0 Å². The van der Waals surface area contributed by atoms with Crippen molar-refractivity contribution >= 4 is 5.84 Å². The fraction of sp³-hybridized carbons (Fsp3) is 0.368. The van der Waals surface area contributed by atoms with Gasteiger partial charge in [0.2, 0.25) is 0 Å². The van der Waals surface area contributed by atoms with Gasteiger partial charge in [0.1, 0.15) is 11.7 Å². The molecule has 6 nitrogen and oxygen atoms in total. The molecule has 0 amide bonds. The summed E-state index contributed by atoms with van der Waals surface area (Å²) in [6, 6.07) is 5.13. The first kappa shape index (κ1) is 19.9. The number of nitrogens with two attached hydrogens (primary N) is 1. The summed E-state index contributed by atoms with van der Waals surface area (Å²) in [6.45, 7) is 7.04. The SMILES string of the molecule is C=C(N=C(c1cnn(-c2cccc(C(F)(F)F)c2)c1C)N1CCC(N)C1)NC. The number of nitrogens with one attached hydrogen (secondary N) is 1. The first-order chi connectivity index (χ1) is 13.2. The summed E-state index contributed by atoms with van der Waals surface area (Å²) in [7, 11) is 1.72. The van der Waals surface area contributed by atoms with Gasteiger partial charge < -0.3 is 16.0 Å². The number of likely N-dealkylation sites (tertiary alicyclic amines) is 1. The minimum atomic E-state index is -4.41. The topological polar surface area (TPSA) is 71.5 Å². The van der Waals surface area contributed by atoms with E-state index in [2.05, 4.69) is 22.0 Å². The third-order valence-electron chi connectivity index (χ3n) is 4.72. The summed E-state index contributed by atoms with van der Waals surface area (Å²) in [4.78, 5) is 6.60. The van der Waals surface area contributed by atoms with E-state index in [1.165, 1.54) is 10.7 Å². The van der Waals surface area contributed by atoms with Gasteiger partial charge in [-0.3, -0.25) is 0 Å². The van der Waals surface area contributed by atoms with Gasteiger partial charge in [-0.1, -0.05) is 12.6 Å². The van der Waals surface area contributed by atoms with Crippen LogP contribution in [-0.2, 0) is 6.18 Å². The first-order valence-electron chi connectivity index (χ1n) is 8.89. The number of aromatic nitrogens is 2. The number of amidine groups is 1. The molecular formula is C19H23F3N6. The standard InChI is InChI=1S/C19H23F3N6/c1-12-17(18(26-13(2)24-3)27-8-7-15(23)11-27)10-25-28(12)16-6-4-5-14(9-16)19(20,21)22/h4-6,9-10,15,24H,2,7-8,11,23H2,1,3H3. The maximum Gasteiger partial charge on any atom is 0.416 e. The Morgan fingerprint density at radius 1 is 1.39 bits per heavy atom. The monoisotopic (exact) mass is 392 g/mol. The number of aliphatic imine (C=N–C) groups is 1. The van der Waals surface area contributed by atoms with Gasteiger partial charge in [-0.25, -0.2) is 9.67 Å². The Bertz CT molecular complexity index is 899. The van der Waals surface area contributed by atoms with E-state index in [-0.39, 0.29) is 6.04 Å². The predicted octanol–water partition coefficient (Wildman–Crippen LogP) is 2.67. The molecule has 3 rings (SSSR count). The second kappa shape index (κ2) is 7.67. The maximum atomic E-state index is 13.1. The Morgan fingerprint density at radius 2 is 2.14 bits per heavy atom. The molecular weight excluding hydrogens is 369 g/mol. The summed E-state index contributed by atoms with van der Waals surface area (Å²) in [5.74, 6) is 1.13. The van der Waals surface area contributed by atoms with Crippen molar-refractivity contribution in [3.8, 4) is 5.69 Å². The summed E-state index contributed by atoms with van der Waals surface area (Å²) in [5.41, 5.74) is 7.06. The summed E-state index contributed by atoms with van der Waals surface area (Å²) in [5, 5.41) is 7.20. The van der Waals surface area contributed by atoms with Gasteiger partial charge >= 0.3 is 6.18 Å². The van der Waals surface area contributed by atoms with E-state index in [0.717, 1.165) is 30.7 Å². The number of alkyl halides is 3. The fourth-order valence-corrected chi connectivity index (χ4v) is 3.17. The number of hydrogen-bond donors (Lipinski definition) is 2. The predicted molar refractivity (Wildman–Crippen MR) is 102 cm³/mol. The number of hydrogen-bond acceptors (Lipinski definition) is 4. The Hall–Kier alpha value is -2.81. The van der Waals surface area contributed by atoms with E-state index in [0.29, 0.717) is 29.6 Å². The van der Waals surface area contributed by atoms with E-state index >= 15 is 0 Å². The van der Waals surface area contributed by atoms with Crippen molar-refractivity contribution in [3.05, 3.63) is 59.7 Å². The van der Waals surface area contributed by atoms with Crippen molar-refractivity contribution in [2.24, 2.45) is 10.7 Å². The Morgan fingerprint density at radius 3 is 2.75 bits per heavy atom. The van der Waals surface area contributed by atoms with Crippen LogP contribution in [-0.4, -0.2) is 46.7 Å². The highest BCUT2D eigenvalue weighted by Crippen LogP contribution is 2.30. The van der Waals surface area contributed by atoms with Gasteiger partial charge in [0, 0.05) is 26.2 Å². The van der Waals surface area contributed by atoms with E-state index in [1.54, 1.807) is 26.2 Å². The molecule has 3 N–H and O–H groups in total. The maximum absolute atomic E-state index is 13.1. The molecule has 150 valence electrons. The van der Waals surface area contributed by atoms with Gasteiger partial charge in [0.05, 0.1) is 28.7 Å². The van der Waals surface area contributed by atoms with Crippen LogP contribution in [0.5, 0.6) is 0 Å². The summed E-state index contributed by atoms with van der Waals surface area (Å²) in [6.07, 6.45) is -1.96. The molecule has 1 atom stereocenters. The quantitative estimate of drug-likeness (QED) is 0.620. The van der Waals surface area contributed by atoms with Crippen LogP contribution in [0.15, 0.2) is 47.9 Å². The zero-order valence-corrected chi connectivity index (χ0v) is 15.8. The minimum Gasteiger partial charge on any atom is -0.374 e. The molecule has 0 bridgehead atoms. The lowest BCUT2D eigenvalue weighted by atomic mass is 10.2. The molecule has 1 saturated heterocycles. The highest BCUT2D eigenvalue weighted by atomic mass is 19.4. The molecule has 2 aromatic rings. The van der Waals surface area contributed by atoms with Crippen LogP contribution in [0.2, 0.25) is 0 Å². The zero-order chi connectivity index (χ0) is 20.5. The van der Waals surface area contributed by atoms with E-state index in [4.69, 9.17) is 5.73 Å². The molecule has 1 aliphatic heterocycles. The van der Waals surface area contributed by atoms with Crippen LogP contribution in [0.4, 0.5) is 13.2 Å². The highest BCUT2D eigenvalue weighted by molar-refractivity contribution is 6.00. The highest BCUT2D eigenvalue weighted by Gasteiger charge is 2.31. The lowest BCUT2D eigenvalue weighted by Gasteiger charge is -2.21. The molecule has 0 radical (unpaired) electrons. The normalized spacial score (nSPS) is 17.9. The first-order valence-corrected chi connectivity index (χ1v) is 8.89. The molecule has 1 aromatic carbocycles. The fourth-order valence-electron chi connectivity index (χ4n) is 3.17. The van der Waals surface area contributed by atoms with Crippen LogP contribution in [0.3, 0.4) is 0 Å².